The summed E-state index contributed by atoms with van der Waals surface area (Å²) < 4.78 is 0. The molecule has 0 aromatic heterocycles. The van der Waals surface area contributed by atoms with Crippen LogP contribution in [0.15, 0.2) is 11.6 Å². The lowest BCUT2D eigenvalue weighted by Gasteiger charge is -2.26. The second kappa shape index (κ2) is 3.23. The van der Waals surface area contributed by atoms with Crippen LogP contribution in [0.1, 0.15) is 40.0 Å². The summed E-state index contributed by atoms with van der Waals surface area (Å²) >= 11 is 0. The maximum absolute atomic E-state index is 2.41. The predicted octanol–water partition coefficient (Wildman–Crippen LogP) is 3.39. The summed E-state index contributed by atoms with van der Waals surface area (Å²) in [6.07, 6.45) is 6.74. The second-order valence-electron chi connectivity index (χ2n) is 3.78. The van der Waals surface area contributed by atoms with Gasteiger partial charge in [0.25, 0.3) is 0 Å². The predicted molar refractivity (Wildman–Crippen MR) is 45.9 cm³/mol. The Morgan fingerprint density at radius 3 is 2.30 bits per heavy atom. The van der Waals surface area contributed by atoms with Crippen molar-refractivity contribution >= 4 is 0 Å². The summed E-state index contributed by atoms with van der Waals surface area (Å²) in [7, 11) is 0. The van der Waals surface area contributed by atoms with Crippen LogP contribution in [0.25, 0.3) is 0 Å². The molecule has 0 unspecified atom stereocenters. The fourth-order valence-electron chi connectivity index (χ4n) is 1.53. The number of rotatable bonds is 2. The molecule has 1 saturated carbocycles. The first-order chi connectivity index (χ1) is 4.70. The van der Waals surface area contributed by atoms with Crippen LogP contribution < -0.4 is 0 Å². The van der Waals surface area contributed by atoms with Gasteiger partial charge in [-0.1, -0.05) is 31.9 Å². The summed E-state index contributed by atoms with van der Waals surface area (Å²) in [5.41, 5.74) is 1.63. The Bertz CT molecular complexity index is 127. The maximum atomic E-state index is 2.41. The first kappa shape index (κ1) is 7.84. The van der Waals surface area contributed by atoms with Crippen LogP contribution in [0.3, 0.4) is 0 Å². The van der Waals surface area contributed by atoms with Crippen molar-refractivity contribution < 1.29 is 0 Å². The van der Waals surface area contributed by atoms with E-state index in [-0.39, 0.29) is 0 Å². The van der Waals surface area contributed by atoms with E-state index in [9.17, 15) is 0 Å². The minimum Gasteiger partial charge on any atom is -0.0828 e. The highest BCUT2D eigenvalue weighted by atomic mass is 14.2. The first-order valence-corrected chi connectivity index (χ1v) is 4.38. The molecular formula is C10H18. The van der Waals surface area contributed by atoms with Gasteiger partial charge >= 0.3 is 0 Å². The van der Waals surface area contributed by atoms with Crippen LogP contribution in [-0.4, -0.2) is 0 Å². The van der Waals surface area contributed by atoms with E-state index in [1.807, 2.05) is 0 Å². The third-order valence-corrected chi connectivity index (χ3v) is 2.35. The van der Waals surface area contributed by atoms with Gasteiger partial charge in [-0.05, 0) is 31.6 Å². The molecule has 0 bridgehead atoms. The molecule has 0 radical (unpaired) electrons. The largest absolute Gasteiger partial charge is 0.0828 e. The van der Waals surface area contributed by atoms with Crippen LogP contribution in [-0.2, 0) is 0 Å². The molecule has 0 aromatic carbocycles. The Kier molecular flexibility index (Phi) is 2.53. The fraction of sp³-hybridized carbons (Fsp3) is 0.800. The van der Waals surface area contributed by atoms with Crippen molar-refractivity contribution in [2.75, 3.05) is 0 Å². The van der Waals surface area contributed by atoms with Crippen molar-refractivity contribution in [3.05, 3.63) is 11.6 Å². The highest BCUT2D eigenvalue weighted by Crippen LogP contribution is 2.33. The molecule has 1 rings (SSSR count). The standard InChI is InChI=1S/C10H18/c1-8(2)7-9(3)10-5-4-6-10/h7-8,10H,4-6H2,1-3H3/b9-7+. The van der Waals surface area contributed by atoms with E-state index in [2.05, 4.69) is 26.8 Å². The van der Waals surface area contributed by atoms with Gasteiger partial charge in [-0.15, -0.1) is 0 Å². The topological polar surface area (TPSA) is 0 Å². The van der Waals surface area contributed by atoms with Gasteiger partial charge in [-0.25, -0.2) is 0 Å². The third-order valence-electron chi connectivity index (χ3n) is 2.35. The molecule has 0 nitrogen and oxygen atoms in total. The van der Waals surface area contributed by atoms with Gasteiger partial charge in [-0.2, -0.15) is 0 Å². The lowest BCUT2D eigenvalue weighted by atomic mass is 9.79. The van der Waals surface area contributed by atoms with Gasteiger partial charge in [0, 0.05) is 0 Å². The Labute approximate surface area is 64.3 Å². The van der Waals surface area contributed by atoms with Crippen LogP contribution in [0.4, 0.5) is 0 Å². The van der Waals surface area contributed by atoms with Crippen LogP contribution >= 0.6 is 0 Å². The lowest BCUT2D eigenvalue weighted by Crippen LogP contribution is -2.12. The summed E-state index contributed by atoms with van der Waals surface area (Å²) in [6.45, 7) is 6.79. The first-order valence-electron chi connectivity index (χ1n) is 4.38. The molecule has 0 aliphatic heterocycles. The summed E-state index contributed by atoms with van der Waals surface area (Å²) in [5.74, 6) is 1.68. The molecule has 0 heteroatoms. The highest BCUT2D eigenvalue weighted by molar-refractivity contribution is 5.07. The smallest absolute Gasteiger partial charge is 0.0206 e. The number of allylic oxidation sites excluding steroid dienone is 2. The molecule has 0 amide bonds. The summed E-state index contributed by atoms with van der Waals surface area (Å²) in [5, 5.41) is 0. The van der Waals surface area contributed by atoms with Crippen LogP contribution in [0.5, 0.6) is 0 Å². The molecular weight excluding hydrogens is 120 g/mol. The quantitative estimate of drug-likeness (QED) is 0.513. The zero-order valence-corrected chi connectivity index (χ0v) is 7.35. The summed E-state index contributed by atoms with van der Waals surface area (Å²) in [6, 6.07) is 0. The lowest BCUT2D eigenvalue weighted by molar-refractivity contribution is 0.366. The average Bonchev–Trinajstić information content (AvgIpc) is 1.55. The molecule has 0 spiro atoms. The minimum atomic E-state index is 0.737. The highest BCUT2D eigenvalue weighted by Gasteiger charge is 2.18. The van der Waals surface area contributed by atoms with Crippen molar-refractivity contribution in [1.82, 2.24) is 0 Å². The van der Waals surface area contributed by atoms with E-state index in [0.717, 1.165) is 11.8 Å². The zero-order chi connectivity index (χ0) is 7.56. The van der Waals surface area contributed by atoms with Crippen LogP contribution in [0.2, 0.25) is 0 Å². The van der Waals surface area contributed by atoms with Gasteiger partial charge in [0.2, 0.25) is 0 Å². The zero-order valence-electron chi connectivity index (χ0n) is 7.35. The third kappa shape index (κ3) is 1.86. The Hall–Kier alpha value is -0.260. The molecule has 0 heterocycles. The molecule has 0 atom stereocenters. The van der Waals surface area contributed by atoms with Gasteiger partial charge in [0.05, 0.1) is 0 Å². The van der Waals surface area contributed by atoms with E-state index in [0.29, 0.717) is 0 Å². The molecule has 0 N–H and O–H groups in total. The van der Waals surface area contributed by atoms with Gasteiger partial charge in [-0.3, -0.25) is 0 Å². The molecule has 10 heavy (non-hydrogen) atoms. The SMILES string of the molecule is C/C(=C\C(C)C)C1CCC1. The van der Waals surface area contributed by atoms with Gasteiger partial charge in [0.1, 0.15) is 0 Å². The van der Waals surface area contributed by atoms with E-state index in [1.54, 1.807) is 5.57 Å². The average molecular weight is 138 g/mol. The normalized spacial score (nSPS) is 21.4. The second-order valence-corrected chi connectivity index (χ2v) is 3.78. The molecule has 58 valence electrons. The molecule has 0 saturated heterocycles. The Morgan fingerprint density at radius 1 is 1.40 bits per heavy atom. The van der Waals surface area contributed by atoms with E-state index in [1.165, 1.54) is 19.3 Å². The minimum absolute atomic E-state index is 0.737. The Balaban J connectivity index is 2.38. The number of hydrogen-bond donors (Lipinski definition) is 0. The van der Waals surface area contributed by atoms with Gasteiger partial charge in [0.15, 0.2) is 0 Å². The van der Waals surface area contributed by atoms with E-state index < -0.39 is 0 Å². The van der Waals surface area contributed by atoms with Crippen molar-refractivity contribution in [3.63, 3.8) is 0 Å². The monoisotopic (exact) mass is 138 g/mol. The fourth-order valence-corrected chi connectivity index (χ4v) is 1.53. The van der Waals surface area contributed by atoms with Crippen molar-refractivity contribution in [1.29, 1.82) is 0 Å². The molecule has 1 aliphatic carbocycles. The van der Waals surface area contributed by atoms with Crippen molar-refractivity contribution in [3.8, 4) is 0 Å². The number of hydrogen-bond acceptors (Lipinski definition) is 0. The Morgan fingerprint density at radius 2 is 2.00 bits per heavy atom. The molecule has 1 fully saturated rings. The van der Waals surface area contributed by atoms with Crippen molar-refractivity contribution in [2.45, 2.75) is 40.0 Å². The van der Waals surface area contributed by atoms with Gasteiger partial charge < -0.3 is 0 Å². The molecule has 0 aromatic rings. The van der Waals surface area contributed by atoms with Crippen molar-refractivity contribution in [2.24, 2.45) is 11.8 Å². The molecule has 1 aliphatic rings. The summed E-state index contributed by atoms with van der Waals surface area (Å²) in [4.78, 5) is 0. The maximum Gasteiger partial charge on any atom is -0.0206 e. The van der Waals surface area contributed by atoms with E-state index in [4.69, 9.17) is 0 Å². The van der Waals surface area contributed by atoms with Crippen LogP contribution in [0, 0.1) is 11.8 Å². The van der Waals surface area contributed by atoms with E-state index >= 15 is 0 Å².